The average Bonchev–Trinajstić information content (AvgIpc) is 3.22. The molecule has 3 rings (SSSR count). The lowest BCUT2D eigenvalue weighted by molar-refractivity contribution is -0.115. The Balaban J connectivity index is 1.60. The molecule has 6 heteroatoms. The number of carbonyl (C=O) groups is 2. The number of rotatable bonds is 6. The van der Waals surface area contributed by atoms with Crippen molar-refractivity contribution < 1.29 is 19.1 Å². The molecule has 1 aliphatic heterocycles. The lowest BCUT2D eigenvalue weighted by Gasteiger charge is -2.15. The molecular weight excluding hydrogens is 344 g/mol. The highest BCUT2D eigenvalue weighted by molar-refractivity contribution is 5.96. The van der Waals surface area contributed by atoms with Gasteiger partial charge in [0.05, 0.1) is 20.6 Å². The first kappa shape index (κ1) is 18.8. The third kappa shape index (κ3) is 4.58. The van der Waals surface area contributed by atoms with Gasteiger partial charge in [0.25, 0.3) is 5.91 Å². The van der Waals surface area contributed by atoms with Crippen LogP contribution in [0.15, 0.2) is 42.5 Å². The van der Waals surface area contributed by atoms with Gasteiger partial charge < -0.3 is 19.7 Å². The summed E-state index contributed by atoms with van der Waals surface area (Å²) in [5.41, 5.74) is 2.14. The second-order valence-corrected chi connectivity index (χ2v) is 6.49. The van der Waals surface area contributed by atoms with E-state index in [1.54, 1.807) is 50.6 Å². The first-order chi connectivity index (χ1) is 13.1. The molecule has 0 radical (unpaired) electrons. The van der Waals surface area contributed by atoms with Crippen molar-refractivity contribution in [2.75, 3.05) is 32.6 Å². The summed E-state index contributed by atoms with van der Waals surface area (Å²) in [5.74, 6) is 1.13. The van der Waals surface area contributed by atoms with Gasteiger partial charge in [-0.15, -0.1) is 0 Å². The van der Waals surface area contributed by atoms with E-state index in [4.69, 9.17) is 9.47 Å². The molecule has 0 bridgehead atoms. The fourth-order valence-corrected chi connectivity index (χ4v) is 3.18. The summed E-state index contributed by atoms with van der Waals surface area (Å²) < 4.78 is 10.5. The molecule has 2 aromatic carbocycles. The summed E-state index contributed by atoms with van der Waals surface area (Å²) in [6.45, 7) is 1.64. The minimum atomic E-state index is -0.138. The number of nitrogens with one attached hydrogen (secondary N) is 1. The predicted octanol–water partition coefficient (Wildman–Crippen LogP) is 3.12. The van der Waals surface area contributed by atoms with E-state index in [1.165, 1.54) is 0 Å². The highest BCUT2D eigenvalue weighted by Gasteiger charge is 2.19. The molecule has 0 aliphatic carbocycles. The van der Waals surface area contributed by atoms with E-state index in [0.717, 1.165) is 31.5 Å². The maximum atomic E-state index is 12.4. The van der Waals surface area contributed by atoms with Gasteiger partial charge in [-0.25, -0.2) is 0 Å². The zero-order chi connectivity index (χ0) is 19.2. The number of amides is 2. The summed E-state index contributed by atoms with van der Waals surface area (Å²) in [6, 6.07) is 12.4. The van der Waals surface area contributed by atoms with E-state index in [0.29, 0.717) is 22.7 Å². The van der Waals surface area contributed by atoms with Crippen molar-refractivity contribution in [3.63, 3.8) is 0 Å². The van der Waals surface area contributed by atoms with Crippen LogP contribution in [0.1, 0.15) is 28.8 Å². The monoisotopic (exact) mass is 368 g/mol. The summed E-state index contributed by atoms with van der Waals surface area (Å²) in [6.07, 6.45) is 2.35. The summed E-state index contributed by atoms with van der Waals surface area (Å²) >= 11 is 0. The molecular formula is C21H24N2O4. The van der Waals surface area contributed by atoms with Crippen molar-refractivity contribution in [3.05, 3.63) is 53.6 Å². The van der Waals surface area contributed by atoms with Crippen LogP contribution in [0, 0.1) is 0 Å². The quantitative estimate of drug-likeness (QED) is 0.851. The van der Waals surface area contributed by atoms with Crippen LogP contribution in [0.3, 0.4) is 0 Å². The standard InChI is InChI=1S/C21H24N2O4/c1-26-18-10-5-15(13-19(18)27-2)14-20(24)22-17-8-6-16(7-9-17)21(25)23-11-3-4-12-23/h5-10,13H,3-4,11-12,14H2,1-2H3,(H,22,24). The Morgan fingerprint density at radius 2 is 1.63 bits per heavy atom. The van der Waals surface area contributed by atoms with Crippen molar-refractivity contribution in [3.8, 4) is 11.5 Å². The molecule has 2 amide bonds. The summed E-state index contributed by atoms with van der Waals surface area (Å²) in [4.78, 5) is 26.5. The summed E-state index contributed by atoms with van der Waals surface area (Å²) in [5, 5.41) is 2.86. The Hall–Kier alpha value is -3.02. The summed E-state index contributed by atoms with van der Waals surface area (Å²) in [7, 11) is 3.13. The van der Waals surface area contributed by atoms with E-state index in [-0.39, 0.29) is 18.2 Å². The molecule has 27 heavy (non-hydrogen) atoms. The minimum absolute atomic E-state index is 0.0516. The number of hydrogen-bond donors (Lipinski definition) is 1. The number of ether oxygens (including phenoxy) is 2. The maximum absolute atomic E-state index is 12.4. The third-order valence-corrected chi connectivity index (χ3v) is 4.62. The number of hydrogen-bond acceptors (Lipinski definition) is 4. The Morgan fingerprint density at radius 1 is 0.963 bits per heavy atom. The molecule has 0 unspecified atom stereocenters. The second kappa shape index (κ2) is 8.58. The van der Waals surface area contributed by atoms with Gasteiger partial charge >= 0.3 is 0 Å². The van der Waals surface area contributed by atoms with Crippen LogP contribution in [-0.2, 0) is 11.2 Å². The molecule has 0 aromatic heterocycles. The molecule has 1 saturated heterocycles. The molecule has 6 nitrogen and oxygen atoms in total. The largest absolute Gasteiger partial charge is 0.493 e. The van der Waals surface area contributed by atoms with Crippen molar-refractivity contribution >= 4 is 17.5 Å². The SMILES string of the molecule is COc1ccc(CC(=O)Nc2ccc(C(=O)N3CCCC3)cc2)cc1OC. The predicted molar refractivity (Wildman–Crippen MR) is 103 cm³/mol. The Kier molecular flexibility index (Phi) is 5.96. The molecule has 1 heterocycles. The Bertz CT molecular complexity index is 811. The van der Waals surface area contributed by atoms with Crippen LogP contribution in [0.4, 0.5) is 5.69 Å². The van der Waals surface area contributed by atoms with Crippen molar-refractivity contribution in [2.45, 2.75) is 19.3 Å². The number of anilines is 1. The first-order valence-electron chi connectivity index (χ1n) is 9.01. The number of methoxy groups -OCH3 is 2. The Morgan fingerprint density at radius 3 is 2.26 bits per heavy atom. The molecule has 1 aliphatic rings. The average molecular weight is 368 g/mol. The first-order valence-corrected chi connectivity index (χ1v) is 9.01. The van der Waals surface area contributed by atoms with Crippen LogP contribution in [0.25, 0.3) is 0 Å². The van der Waals surface area contributed by atoms with Gasteiger partial charge in [-0.3, -0.25) is 9.59 Å². The molecule has 1 fully saturated rings. The van der Waals surface area contributed by atoms with E-state index in [2.05, 4.69) is 5.32 Å². The van der Waals surface area contributed by atoms with Crippen molar-refractivity contribution in [1.82, 2.24) is 4.90 Å². The van der Waals surface area contributed by atoms with Gasteiger partial charge in [-0.2, -0.15) is 0 Å². The lowest BCUT2D eigenvalue weighted by atomic mass is 10.1. The van der Waals surface area contributed by atoms with Crippen LogP contribution in [0.5, 0.6) is 11.5 Å². The van der Waals surface area contributed by atoms with E-state index in [1.807, 2.05) is 11.0 Å². The van der Waals surface area contributed by atoms with Gasteiger partial charge in [-0.05, 0) is 54.8 Å². The molecule has 0 saturated carbocycles. The third-order valence-electron chi connectivity index (χ3n) is 4.62. The number of likely N-dealkylation sites (tertiary alicyclic amines) is 1. The molecule has 1 N–H and O–H groups in total. The normalized spacial score (nSPS) is 13.3. The van der Waals surface area contributed by atoms with Gasteiger partial charge in [0.2, 0.25) is 5.91 Å². The van der Waals surface area contributed by atoms with Crippen LogP contribution < -0.4 is 14.8 Å². The highest BCUT2D eigenvalue weighted by Crippen LogP contribution is 2.27. The Labute approximate surface area is 159 Å². The van der Waals surface area contributed by atoms with Crippen LogP contribution in [0.2, 0.25) is 0 Å². The molecule has 0 spiro atoms. The number of nitrogens with zero attached hydrogens (tertiary/aromatic N) is 1. The fourth-order valence-electron chi connectivity index (χ4n) is 3.18. The van der Waals surface area contributed by atoms with Gasteiger partial charge in [0, 0.05) is 24.3 Å². The highest BCUT2D eigenvalue weighted by atomic mass is 16.5. The van der Waals surface area contributed by atoms with Crippen molar-refractivity contribution in [2.24, 2.45) is 0 Å². The molecule has 0 atom stereocenters. The molecule has 142 valence electrons. The lowest BCUT2D eigenvalue weighted by Crippen LogP contribution is -2.27. The minimum Gasteiger partial charge on any atom is -0.493 e. The number of carbonyl (C=O) groups excluding carboxylic acids is 2. The fraction of sp³-hybridized carbons (Fsp3) is 0.333. The molecule has 2 aromatic rings. The van der Waals surface area contributed by atoms with Crippen LogP contribution in [-0.4, -0.2) is 44.0 Å². The second-order valence-electron chi connectivity index (χ2n) is 6.49. The van der Waals surface area contributed by atoms with Crippen LogP contribution >= 0.6 is 0 Å². The van der Waals surface area contributed by atoms with Gasteiger partial charge in [-0.1, -0.05) is 6.07 Å². The maximum Gasteiger partial charge on any atom is 0.253 e. The zero-order valence-electron chi connectivity index (χ0n) is 15.7. The number of benzene rings is 2. The van der Waals surface area contributed by atoms with Gasteiger partial charge in [0.1, 0.15) is 0 Å². The van der Waals surface area contributed by atoms with E-state index < -0.39 is 0 Å². The van der Waals surface area contributed by atoms with E-state index in [9.17, 15) is 9.59 Å². The van der Waals surface area contributed by atoms with Gasteiger partial charge in [0.15, 0.2) is 11.5 Å². The van der Waals surface area contributed by atoms with E-state index >= 15 is 0 Å². The van der Waals surface area contributed by atoms with Crippen molar-refractivity contribution in [1.29, 1.82) is 0 Å². The zero-order valence-corrected chi connectivity index (χ0v) is 15.7. The smallest absolute Gasteiger partial charge is 0.253 e. The topological polar surface area (TPSA) is 67.9 Å².